The average molecular weight is 242 g/mol. The zero-order chi connectivity index (χ0) is 12.9. The van der Waals surface area contributed by atoms with E-state index < -0.39 is 5.60 Å². The summed E-state index contributed by atoms with van der Waals surface area (Å²) in [6.45, 7) is 6.63. The van der Waals surface area contributed by atoms with Gasteiger partial charge in [0.05, 0.1) is 5.60 Å². The summed E-state index contributed by atoms with van der Waals surface area (Å²) in [7, 11) is 1.70. The number of amides is 1. The molecule has 0 saturated carbocycles. The summed E-state index contributed by atoms with van der Waals surface area (Å²) in [5.41, 5.74) is -0.556. The lowest BCUT2D eigenvalue weighted by Gasteiger charge is -2.37. The standard InChI is InChI=1S/C13H26N2O2/c1-4-13(17,5-2)10-15-8-6-11(7-9-15)12(16)14-3/h11,17H,4-10H2,1-3H3,(H,14,16). The number of aliphatic hydroxyl groups is 1. The maximum Gasteiger partial charge on any atom is 0.222 e. The Balaban J connectivity index is 2.39. The Hall–Kier alpha value is -0.610. The smallest absolute Gasteiger partial charge is 0.222 e. The SMILES string of the molecule is CCC(O)(CC)CN1CCC(C(=O)NC)CC1. The van der Waals surface area contributed by atoms with Crippen molar-refractivity contribution in [2.45, 2.75) is 45.1 Å². The highest BCUT2D eigenvalue weighted by molar-refractivity contribution is 5.78. The molecule has 1 saturated heterocycles. The van der Waals surface area contributed by atoms with Crippen molar-refractivity contribution in [3.8, 4) is 0 Å². The molecule has 1 heterocycles. The second-order valence-corrected chi connectivity index (χ2v) is 5.10. The zero-order valence-corrected chi connectivity index (χ0v) is 11.3. The third-order valence-corrected chi connectivity index (χ3v) is 4.04. The molecule has 2 N–H and O–H groups in total. The van der Waals surface area contributed by atoms with Crippen LogP contribution < -0.4 is 5.32 Å². The first-order chi connectivity index (χ1) is 8.04. The Kier molecular flexibility index (Phi) is 5.40. The van der Waals surface area contributed by atoms with E-state index in [1.54, 1.807) is 7.05 Å². The minimum atomic E-state index is -0.556. The summed E-state index contributed by atoms with van der Waals surface area (Å²) in [5, 5.41) is 13.0. The number of hydrogen-bond donors (Lipinski definition) is 2. The topological polar surface area (TPSA) is 52.6 Å². The Morgan fingerprint density at radius 3 is 2.29 bits per heavy atom. The molecule has 0 aliphatic carbocycles. The first kappa shape index (κ1) is 14.5. The number of likely N-dealkylation sites (tertiary alicyclic amines) is 1. The van der Waals surface area contributed by atoms with Gasteiger partial charge in [-0.3, -0.25) is 4.79 Å². The van der Waals surface area contributed by atoms with Crippen molar-refractivity contribution in [1.29, 1.82) is 0 Å². The maximum atomic E-state index is 11.5. The number of nitrogens with one attached hydrogen (secondary N) is 1. The molecular formula is C13H26N2O2. The van der Waals surface area contributed by atoms with Crippen molar-refractivity contribution in [1.82, 2.24) is 10.2 Å². The van der Waals surface area contributed by atoms with Crippen LogP contribution in [0.1, 0.15) is 39.5 Å². The van der Waals surface area contributed by atoms with E-state index in [1.807, 2.05) is 13.8 Å². The molecule has 1 aliphatic rings. The lowest BCUT2D eigenvalue weighted by molar-refractivity contribution is -0.126. The highest BCUT2D eigenvalue weighted by Crippen LogP contribution is 2.22. The van der Waals surface area contributed by atoms with Crippen LogP contribution in [0.4, 0.5) is 0 Å². The summed E-state index contributed by atoms with van der Waals surface area (Å²) < 4.78 is 0. The van der Waals surface area contributed by atoms with Crippen molar-refractivity contribution in [3.05, 3.63) is 0 Å². The van der Waals surface area contributed by atoms with E-state index in [0.29, 0.717) is 0 Å². The van der Waals surface area contributed by atoms with Gasteiger partial charge in [-0.2, -0.15) is 0 Å². The fourth-order valence-corrected chi connectivity index (χ4v) is 2.45. The summed E-state index contributed by atoms with van der Waals surface area (Å²) in [6, 6.07) is 0. The van der Waals surface area contributed by atoms with E-state index in [0.717, 1.165) is 45.3 Å². The van der Waals surface area contributed by atoms with Gasteiger partial charge in [-0.05, 0) is 38.8 Å². The highest BCUT2D eigenvalue weighted by Gasteiger charge is 2.29. The molecule has 4 nitrogen and oxygen atoms in total. The van der Waals surface area contributed by atoms with E-state index in [-0.39, 0.29) is 11.8 Å². The normalized spacial score (nSPS) is 19.3. The van der Waals surface area contributed by atoms with E-state index in [4.69, 9.17) is 0 Å². The van der Waals surface area contributed by atoms with Gasteiger partial charge in [0.25, 0.3) is 0 Å². The summed E-state index contributed by atoms with van der Waals surface area (Å²) in [5.74, 6) is 0.318. The van der Waals surface area contributed by atoms with Crippen LogP contribution in [-0.4, -0.2) is 48.2 Å². The number of β-amino-alcohol motifs (C(OH)–C–C–N with tert-alkyl or cyclic N) is 1. The number of carbonyl (C=O) groups is 1. The van der Waals surface area contributed by atoms with Gasteiger partial charge in [-0.1, -0.05) is 13.8 Å². The molecule has 0 aromatic heterocycles. The van der Waals surface area contributed by atoms with E-state index in [2.05, 4.69) is 10.2 Å². The minimum absolute atomic E-state index is 0.158. The zero-order valence-electron chi connectivity index (χ0n) is 11.3. The average Bonchev–Trinajstić information content (AvgIpc) is 2.38. The summed E-state index contributed by atoms with van der Waals surface area (Å²) in [6.07, 6.45) is 3.39. The molecule has 17 heavy (non-hydrogen) atoms. The maximum absolute atomic E-state index is 11.5. The quantitative estimate of drug-likeness (QED) is 0.756. The number of hydrogen-bond acceptors (Lipinski definition) is 3. The monoisotopic (exact) mass is 242 g/mol. The molecule has 0 radical (unpaired) electrons. The van der Waals surface area contributed by atoms with E-state index in [9.17, 15) is 9.90 Å². The van der Waals surface area contributed by atoms with Crippen LogP contribution in [0.5, 0.6) is 0 Å². The molecule has 1 aliphatic heterocycles. The molecule has 100 valence electrons. The van der Waals surface area contributed by atoms with Gasteiger partial charge >= 0.3 is 0 Å². The van der Waals surface area contributed by atoms with Crippen LogP contribution in [0, 0.1) is 5.92 Å². The molecule has 1 fully saturated rings. The van der Waals surface area contributed by atoms with Gasteiger partial charge in [0.1, 0.15) is 0 Å². The van der Waals surface area contributed by atoms with Crippen LogP contribution in [0.15, 0.2) is 0 Å². The van der Waals surface area contributed by atoms with Gasteiger partial charge in [0, 0.05) is 19.5 Å². The second kappa shape index (κ2) is 6.36. The molecule has 1 rings (SSSR count). The van der Waals surface area contributed by atoms with Crippen molar-refractivity contribution in [3.63, 3.8) is 0 Å². The predicted octanol–water partition coefficient (Wildman–Crippen LogP) is 0.995. The molecule has 1 amide bonds. The first-order valence-electron chi connectivity index (χ1n) is 6.71. The minimum Gasteiger partial charge on any atom is -0.389 e. The van der Waals surface area contributed by atoms with Gasteiger partial charge in [-0.25, -0.2) is 0 Å². The number of piperidine rings is 1. The molecule has 0 bridgehead atoms. The molecule has 0 aromatic carbocycles. The Morgan fingerprint density at radius 2 is 1.88 bits per heavy atom. The van der Waals surface area contributed by atoms with Crippen molar-refractivity contribution >= 4 is 5.91 Å². The molecular weight excluding hydrogens is 216 g/mol. The van der Waals surface area contributed by atoms with Crippen LogP contribution in [0.2, 0.25) is 0 Å². The van der Waals surface area contributed by atoms with Crippen molar-refractivity contribution in [2.24, 2.45) is 5.92 Å². The van der Waals surface area contributed by atoms with Crippen LogP contribution in [0.3, 0.4) is 0 Å². The Bertz CT molecular complexity index is 244. The number of rotatable bonds is 5. The van der Waals surface area contributed by atoms with E-state index >= 15 is 0 Å². The summed E-state index contributed by atoms with van der Waals surface area (Å²) >= 11 is 0. The fourth-order valence-electron chi connectivity index (χ4n) is 2.45. The Labute approximate surface area is 104 Å². The van der Waals surface area contributed by atoms with Crippen LogP contribution >= 0.6 is 0 Å². The molecule has 0 aromatic rings. The van der Waals surface area contributed by atoms with Gasteiger partial charge < -0.3 is 15.3 Å². The third kappa shape index (κ3) is 3.96. The van der Waals surface area contributed by atoms with Crippen LogP contribution in [0.25, 0.3) is 0 Å². The summed E-state index contributed by atoms with van der Waals surface area (Å²) in [4.78, 5) is 13.8. The van der Waals surface area contributed by atoms with E-state index in [1.165, 1.54) is 0 Å². The first-order valence-corrected chi connectivity index (χ1v) is 6.71. The highest BCUT2D eigenvalue weighted by atomic mass is 16.3. The van der Waals surface area contributed by atoms with Crippen LogP contribution in [-0.2, 0) is 4.79 Å². The lowest BCUT2D eigenvalue weighted by atomic mass is 9.92. The molecule has 0 atom stereocenters. The van der Waals surface area contributed by atoms with Crippen molar-refractivity contribution < 1.29 is 9.90 Å². The molecule has 4 heteroatoms. The fraction of sp³-hybridized carbons (Fsp3) is 0.923. The lowest BCUT2D eigenvalue weighted by Crippen LogP contribution is -2.47. The van der Waals surface area contributed by atoms with Crippen molar-refractivity contribution in [2.75, 3.05) is 26.7 Å². The predicted molar refractivity (Wildman–Crippen MR) is 68.8 cm³/mol. The largest absolute Gasteiger partial charge is 0.389 e. The van der Waals surface area contributed by atoms with Gasteiger partial charge in [0.15, 0.2) is 0 Å². The second-order valence-electron chi connectivity index (χ2n) is 5.10. The Morgan fingerprint density at radius 1 is 1.35 bits per heavy atom. The molecule has 0 unspecified atom stereocenters. The number of nitrogens with zero attached hydrogens (tertiary/aromatic N) is 1. The van der Waals surface area contributed by atoms with Gasteiger partial charge in [0.2, 0.25) is 5.91 Å². The van der Waals surface area contributed by atoms with Gasteiger partial charge in [-0.15, -0.1) is 0 Å². The number of carbonyl (C=O) groups excluding carboxylic acids is 1. The third-order valence-electron chi connectivity index (χ3n) is 4.04. The molecule has 0 spiro atoms.